The molecule has 24 heavy (non-hydrogen) atoms. The topological polar surface area (TPSA) is 68.6 Å². The molecule has 0 bridgehead atoms. The molecule has 0 heterocycles. The molecule has 0 N–H and O–H groups in total. The maximum atomic E-state index is 12.7. The minimum Gasteiger partial charge on any atom is -0.497 e. The monoisotopic (exact) mass is 349 g/mol. The van der Waals surface area contributed by atoms with E-state index in [4.69, 9.17) is 13.9 Å². The Bertz CT molecular complexity index is 569. The highest BCUT2D eigenvalue weighted by atomic mass is 28.4. The van der Waals surface area contributed by atoms with Crippen LogP contribution in [0.25, 0.3) is 0 Å². The van der Waals surface area contributed by atoms with Gasteiger partial charge in [-0.15, -0.1) is 0 Å². The highest BCUT2D eigenvalue weighted by Gasteiger charge is 2.49. The minimum atomic E-state index is -2.22. The lowest BCUT2D eigenvalue weighted by Gasteiger charge is -2.36. The van der Waals surface area contributed by atoms with E-state index < -0.39 is 19.9 Å². The van der Waals surface area contributed by atoms with Crippen LogP contribution in [0.4, 0.5) is 0 Å². The average Bonchev–Trinajstić information content (AvgIpc) is 2.64. The van der Waals surface area contributed by atoms with Crippen LogP contribution in [0.2, 0.25) is 18.1 Å². The first-order valence-electron chi connectivity index (χ1n) is 8.40. The van der Waals surface area contributed by atoms with Crippen LogP contribution in [0.5, 0.6) is 5.75 Å². The van der Waals surface area contributed by atoms with E-state index in [2.05, 4.69) is 26.8 Å². The van der Waals surface area contributed by atoms with Gasteiger partial charge >= 0.3 is 5.97 Å². The van der Waals surface area contributed by atoms with E-state index in [9.17, 15) is 10.1 Å². The van der Waals surface area contributed by atoms with Crippen molar-refractivity contribution in [3.63, 3.8) is 0 Å². The Balaban J connectivity index is 3.44. The summed E-state index contributed by atoms with van der Waals surface area (Å²) in [7, 11) is -0.658. The van der Waals surface area contributed by atoms with E-state index in [1.807, 2.05) is 0 Å². The molecular weight excluding hydrogens is 322 g/mol. The van der Waals surface area contributed by atoms with Gasteiger partial charge in [0.15, 0.2) is 8.32 Å². The van der Waals surface area contributed by atoms with Gasteiger partial charge in [-0.1, -0.05) is 32.9 Å². The van der Waals surface area contributed by atoms with Gasteiger partial charge in [0.05, 0.1) is 13.7 Å². The van der Waals surface area contributed by atoms with Crippen molar-refractivity contribution in [2.24, 2.45) is 0 Å². The molecule has 5 nitrogen and oxygen atoms in total. The number of hydrogen-bond acceptors (Lipinski definition) is 5. The fraction of sp³-hybridized carbons (Fsp3) is 0.556. The number of nitrogens with zero attached hydrogens (tertiary/aromatic N) is 1. The zero-order valence-electron chi connectivity index (χ0n) is 15.2. The van der Waals surface area contributed by atoms with Crippen molar-refractivity contribution in [2.75, 3.05) is 13.7 Å². The van der Waals surface area contributed by atoms with Crippen LogP contribution in [0.1, 0.15) is 33.3 Å². The Hall–Kier alpha value is -1.84. The lowest BCUT2D eigenvalue weighted by Crippen LogP contribution is -2.50. The van der Waals surface area contributed by atoms with Crippen LogP contribution >= 0.6 is 0 Å². The molecule has 0 radical (unpaired) electrons. The third-order valence-electron chi connectivity index (χ3n) is 4.52. The molecule has 1 rings (SSSR count). The lowest BCUT2D eigenvalue weighted by atomic mass is 9.95. The molecule has 6 heteroatoms. The second-order valence-electron chi connectivity index (χ2n) is 5.59. The van der Waals surface area contributed by atoms with Crippen LogP contribution in [-0.4, -0.2) is 28.0 Å². The van der Waals surface area contributed by atoms with Gasteiger partial charge < -0.3 is 13.9 Å². The van der Waals surface area contributed by atoms with Crippen molar-refractivity contribution in [3.8, 4) is 11.8 Å². The molecule has 0 aromatic heterocycles. The summed E-state index contributed by atoms with van der Waals surface area (Å²) in [4.78, 5) is 12.7. The van der Waals surface area contributed by atoms with Gasteiger partial charge in [0.25, 0.3) is 5.60 Å². The molecule has 1 unspecified atom stereocenters. The summed E-state index contributed by atoms with van der Waals surface area (Å²) in [5.74, 6) is 0.00400. The van der Waals surface area contributed by atoms with Crippen LogP contribution in [0.15, 0.2) is 24.3 Å². The third-order valence-corrected chi connectivity index (χ3v) is 9.12. The first kappa shape index (κ1) is 20.2. The van der Waals surface area contributed by atoms with Crippen LogP contribution in [0.3, 0.4) is 0 Å². The number of benzene rings is 1. The Morgan fingerprint density at radius 2 is 1.67 bits per heavy atom. The quantitative estimate of drug-likeness (QED) is 0.498. The highest BCUT2D eigenvalue weighted by Crippen LogP contribution is 2.36. The summed E-state index contributed by atoms with van der Waals surface area (Å²) in [5, 5.41) is 9.92. The summed E-state index contributed by atoms with van der Waals surface area (Å²) in [6.07, 6.45) is 0. The van der Waals surface area contributed by atoms with Crippen molar-refractivity contribution in [1.82, 2.24) is 0 Å². The highest BCUT2D eigenvalue weighted by molar-refractivity contribution is 6.73. The molecule has 0 fully saturated rings. The Labute approximate surface area is 145 Å². The Morgan fingerprint density at radius 1 is 1.12 bits per heavy atom. The number of esters is 1. The predicted octanol–water partition coefficient (Wildman–Crippen LogP) is 4.00. The van der Waals surface area contributed by atoms with E-state index in [0.29, 0.717) is 11.3 Å². The number of nitriles is 1. The molecule has 0 aliphatic carbocycles. The van der Waals surface area contributed by atoms with E-state index >= 15 is 0 Å². The summed E-state index contributed by atoms with van der Waals surface area (Å²) < 4.78 is 16.7. The molecule has 0 aliphatic heterocycles. The fourth-order valence-corrected chi connectivity index (χ4v) is 5.53. The van der Waals surface area contributed by atoms with Crippen LogP contribution in [0, 0.1) is 11.3 Å². The molecule has 1 atom stereocenters. The van der Waals surface area contributed by atoms with E-state index in [1.54, 1.807) is 38.3 Å². The van der Waals surface area contributed by atoms with Crippen molar-refractivity contribution >= 4 is 14.3 Å². The summed E-state index contributed by atoms with van der Waals surface area (Å²) in [5.41, 5.74) is -1.24. The van der Waals surface area contributed by atoms with Crippen LogP contribution in [-0.2, 0) is 19.6 Å². The second-order valence-corrected chi connectivity index (χ2v) is 10.3. The first-order chi connectivity index (χ1) is 11.5. The van der Waals surface area contributed by atoms with Gasteiger partial charge in [-0.05, 0) is 37.2 Å². The summed E-state index contributed by atoms with van der Waals surface area (Å²) >= 11 is 0. The third kappa shape index (κ3) is 3.97. The van der Waals surface area contributed by atoms with Crippen molar-refractivity contribution in [1.29, 1.82) is 5.26 Å². The molecular formula is C18H27NO4Si. The Kier molecular flexibility index (Phi) is 7.45. The molecule has 0 aliphatic rings. The standard InChI is InChI=1S/C18H27NO4Si/c1-6-22-17(20)18(14-19,23-24(7-2,8-3)9-4)15-10-12-16(21-5)13-11-15/h10-13H,6-9H2,1-5H3. The maximum absolute atomic E-state index is 12.7. The van der Waals surface area contributed by atoms with E-state index in [1.165, 1.54) is 0 Å². The van der Waals surface area contributed by atoms with Crippen molar-refractivity contribution in [2.45, 2.75) is 51.4 Å². The molecule has 0 saturated carbocycles. The molecule has 1 aromatic rings. The number of ether oxygens (including phenoxy) is 2. The summed E-state index contributed by atoms with van der Waals surface area (Å²) in [6, 6.07) is 11.4. The zero-order chi connectivity index (χ0) is 18.2. The SMILES string of the molecule is CCOC(=O)C(C#N)(O[Si](CC)(CC)CC)c1ccc(OC)cc1. The maximum Gasteiger partial charge on any atom is 0.357 e. The van der Waals surface area contributed by atoms with E-state index in [0.717, 1.165) is 18.1 Å². The molecule has 0 spiro atoms. The van der Waals surface area contributed by atoms with Gasteiger partial charge in [-0.25, -0.2) is 4.79 Å². The number of hydrogen-bond donors (Lipinski definition) is 0. The van der Waals surface area contributed by atoms with Crippen molar-refractivity contribution < 1.29 is 18.7 Å². The first-order valence-corrected chi connectivity index (χ1v) is 10.9. The fourth-order valence-electron chi connectivity index (χ4n) is 2.70. The molecule has 0 amide bonds. The van der Waals surface area contributed by atoms with Gasteiger partial charge in [-0.2, -0.15) is 5.26 Å². The smallest absolute Gasteiger partial charge is 0.357 e. The van der Waals surface area contributed by atoms with E-state index in [-0.39, 0.29) is 6.61 Å². The summed E-state index contributed by atoms with van der Waals surface area (Å²) in [6.45, 7) is 8.08. The molecule has 1 aromatic carbocycles. The molecule has 0 saturated heterocycles. The normalized spacial score (nSPS) is 13.7. The predicted molar refractivity (Wildman–Crippen MR) is 95.2 cm³/mol. The van der Waals surface area contributed by atoms with Gasteiger partial charge in [0.1, 0.15) is 11.8 Å². The number of rotatable bonds is 9. The van der Waals surface area contributed by atoms with Gasteiger partial charge in [0.2, 0.25) is 0 Å². The van der Waals surface area contributed by atoms with Gasteiger partial charge in [0, 0.05) is 5.56 Å². The minimum absolute atomic E-state index is 0.195. The molecule has 132 valence electrons. The van der Waals surface area contributed by atoms with Crippen LogP contribution < -0.4 is 4.74 Å². The number of methoxy groups -OCH3 is 1. The Morgan fingerprint density at radius 3 is 2.04 bits per heavy atom. The second kappa shape index (κ2) is 8.86. The zero-order valence-corrected chi connectivity index (χ0v) is 16.2. The number of carbonyl (C=O) groups is 1. The van der Waals surface area contributed by atoms with Gasteiger partial charge in [-0.3, -0.25) is 0 Å². The largest absolute Gasteiger partial charge is 0.497 e. The number of carbonyl (C=O) groups excluding carboxylic acids is 1. The van der Waals surface area contributed by atoms with Crippen molar-refractivity contribution in [3.05, 3.63) is 29.8 Å². The lowest BCUT2D eigenvalue weighted by molar-refractivity contribution is -0.158. The average molecular weight is 350 g/mol.